The minimum absolute atomic E-state index is 0.0107. The number of allylic oxidation sites excluding steroid dienone is 1. The van der Waals surface area contributed by atoms with Crippen LogP contribution in [0.15, 0.2) is 11.6 Å². The zero-order valence-electron chi connectivity index (χ0n) is 14.5. The van der Waals surface area contributed by atoms with Crippen LogP contribution >= 0.6 is 0 Å². The van der Waals surface area contributed by atoms with Crippen LogP contribution in [0.1, 0.15) is 52.4 Å². The normalized spacial score (nSPS) is 51.7. The number of ketones is 1. The van der Waals surface area contributed by atoms with E-state index in [1.54, 1.807) is 0 Å². The minimum atomic E-state index is -0.166. The number of fused-ring (bicyclic) bond motifs is 8. The Morgan fingerprint density at radius 1 is 1.25 bits per heavy atom. The molecule has 0 radical (unpaired) electrons. The third-order valence-electron chi connectivity index (χ3n) is 7.83. The average molecular weight is 330 g/mol. The van der Waals surface area contributed by atoms with Gasteiger partial charge in [0.2, 0.25) is 0 Å². The fourth-order valence-corrected chi connectivity index (χ4v) is 6.90. The molecule has 0 spiro atoms. The molecule has 8 atom stereocenters. The number of esters is 1. The topological polar surface area (TPSA) is 55.9 Å². The summed E-state index contributed by atoms with van der Waals surface area (Å²) in [5.41, 5.74) is 1.38. The van der Waals surface area contributed by atoms with Crippen molar-refractivity contribution >= 4 is 11.8 Å². The fraction of sp³-hybridized carbons (Fsp3) is 0.800. The van der Waals surface area contributed by atoms with Gasteiger partial charge in [0.05, 0.1) is 12.2 Å². The summed E-state index contributed by atoms with van der Waals surface area (Å²) in [6, 6.07) is 0. The second kappa shape index (κ2) is 4.94. The largest absolute Gasteiger partial charge is 0.462 e. The van der Waals surface area contributed by atoms with Crippen molar-refractivity contribution < 1.29 is 19.1 Å². The lowest BCUT2D eigenvalue weighted by Crippen LogP contribution is -2.53. The molecule has 4 aliphatic carbocycles. The molecule has 3 saturated carbocycles. The molecule has 0 N–H and O–H groups in total. The first kappa shape index (κ1) is 15.1. The second-order valence-electron chi connectivity index (χ2n) is 8.78. The van der Waals surface area contributed by atoms with Crippen LogP contribution in [0.25, 0.3) is 0 Å². The summed E-state index contributed by atoms with van der Waals surface area (Å²) in [4.78, 5) is 23.3. The standard InChI is InChI=1S/C20H26O4/c1-10(21)23-16-8-7-15-14-5-3-11-9-12(22)4-6-13(11)17(14)18-19(24-18)20(15,16)2/h9,13-19H,3-8H2,1-2H3. The molecule has 8 unspecified atom stereocenters. The Balaban J connectivity index is 1.47. The number of epoxide rings is 1. The van der Waals surface area contributed by atoms with Gasteiger partial charge in [-0.05, 0) is 61.9 Å². The highest BCUT2D eigenvalue weighted by atomic mass is 16.6. The molecule has 0 amide bonds. The summed E-state index contributed by atoms with van der Waals surface area (Å²) in [6.45, 7) is 3.82. The van der Waals surface area contributed by atoms with Gasteiger partial charge < -0.3 is 9.47 Å². The van der Waals surface area contributed by atoms with E-state index in [-0.39, 0.29) is 23.6 Å². The molecule has 1 saturated heterocycles. The van der Waals surface area contributed by atoms with Crippen molar-refractivity contribution in [2.45, 2.75) is 70.7 Å². The summed E-state index contributed by atoms with van der Waals surface area (Å²) >= 11 is 0. The summed E-state index contributed by atoms with van der Waals surface area (Å²) in [6.07, 6.45) is 8.57. The number of hydrogen-bond acceptors (Lipinski definition) is 4. The highest BCUT2D eigenvalue weighted by molar-refractivity contribution is 5.91. The van der Waals surface area contributed by atoms with Crippen LogP contribution in [0.3, 0.4) is 0 Å². The molecule has 0 aromatic rings. The number of ether oxygens (including phenoxy) is 2. The number of carbonyl (C=O) groups is 2. The maximum Gasteiger partial charge on any atom is 0.302 e. The van der Waals surface area contributed by atoms with E-state index in [1.165, 1.54) is 18.9 Å². The first-order valence-corrected chi connectivity index (χ1v) is 9.56. The van der Waals surface area contributed by atoms with Crippen LogP contribution in [0.5, 0.6) is 0 Å². The van der Waals surface area contributed by atoms with Crippen molar-refractivity contribution in [3.63, 3.8) is 0 Å². The number of hydrogen-bond donors (Lipinski definition) is 0. The van der Waals surface area contributed by atoms with Crippen molar-refractivity contribution in [2.75, 3.05) is 0 Å². The van der Waals surface area contributed by atoms with Crippen LogP contribution < -0.4 is 0 Å². The second-order valence-corrected chi connectivity index (χ2v) is 8.78. The minimum Gasteiger partial charge on any atom is -0.462 e. The summed E-state index contributed by atoms with van der Waals surface area (Å²) in [5, 5.41) is 0. The molecule has 5 rings (SSSR count). The Morgan fingerprint density at radius 3 is 2.88 bits per heavy atom. The molecule has 5 aliphatic rings. The SMILES string of the molecule is CC(=O)OC1CCC2C3CCC4=CC(=O)CCC4C3C3OC3C12C. The van der Waals surface area contributed by atoms with E-state index in [0.717, 1.165) is 25.7 Å². The first-order chi connectivity index (χ1) is 11.5. The van der Waals surface area contributed by atoms with E-state index in [1.807, 2.05) is 6.08 Å². The predicted octanol–water partition coefficient (Wildman–Crippen LogP) is 3.05. The molecule has 0 bridgehead atoms. The highest BCUT2D eigenvalue weighted by Gasteiger charge is 2.72. The molecule has 4 fully saturated rings. The Hall–Kier alpha value is -1.16. The molecule has 130 valence electrons. The Morgan fingerprint density at radius 2 is 2.08 bits per heavy atom. The number of carbonyl (C=O) groups excluding carboxylic acids is 2. The number of rotatable bonds is 1. The molecule has 1 heterocycles. The third kappa shape index (κ3) is 1.89. The van der Waals surface area contributed by atoms with Crippen molar-refractivity contribution in [1.82, 2.24) is 0 Å². The van der Waals surface area contributed by atoms with Gasteiger partial charge in [-0.2, -0.15) is 0 Å². The Labute approximate surface area is 143 Å². The lowest BCUT2D eigenvalue weighted by atomic mass is 9.52. The monoisotopic (exact) mass is 330 g/mol. The van der Waals surface area contributed by atoms with Crippen LogP contribution in [0.4, 0.5) is 0 Å². The van der Waals surface area contributed by atoms with Gasteiger partial charge in [0.25, 0.3) is 0 Å². The van der Waals surface area contributed by atoms with Crippen molar-refractivity contribution in [3.05, 3.63) is 11.6 Å². The van der Waals surface area contributed by atoms with Gasteiger partial charge >= 0.3 is 5.97 Å². The van der Waals surface area contributed by atoms with Crippen molar-refractivity contribution in [3.8, 4) is 0 Å². The lowest BCUT2D eigenvalue weighted by molar-refractivity contribution is -0.155. The third-order valence-corrected chi connectivity index (χ3v) is 7.83. The molecule has 0 aromatic heterocycles. The van der Waals surface area contributed by atoms with Gasteiger partial charge in [-0.15, -0.1) is 0 Å². The zero-order valence-corrected chi connectivity index (χ0v) is 14.5. The van der Waals surface area contributed by atoms with Gasteiger partial charge in [0.15, 0.2) is 5.78 Å². The molecule has 0 aromatic carbocycles. The van der Waals surface area contributed by atoms with Crippen molar-refractivity contribution in [2.24, 2.45) is 29.1 Å². The summed E-state index contributed by atoms with van der Waals surface area (Å²) in [7, 11) is 0. The van der Waals surface area contributed by atoms with E-state index >= 15 is 0 Å². The van der Waals surface area contributed by atoms with E-state index in [2.05, 4.69) is 6.92 Å². The highest BCUT2D eigenvalue weighted by Crippen LogP contribution is 2.68. The van der Waals surface area contributed by atoms with Gasteiger partial charge in [-0.25, -0.2) is 0 Å². The van der Waals surface area contributed by atoms with Crippen LogP contribution in [0, 0.1) is 29.1 Å². The van der Waals surface area contributed by atoms with E-state index < -0.39 is 0 Å². The van der Waals surface area contributed by atoms with E-state index in [4.69, 9.17) is 9.47 Å². The maximum absolute atomic E-state index is 11.8. The van der Waals surface area contributed by atoms with E-state index in [0.29, 0.717) is 42.0 Å². The molecule has 24 heavy (non-hydrogen) atoms. The van der Waals surface area contributed by atoms with E-state index in [9.17, 15) is 9.59 Å². The molecule has 4 nitrogen and oxygen atoms in total. The van der Waals surface area contributed by atoms with Crippen molar-refractivity contribution in [1.29, 1.82) is 0 Å². The molecular formula is C20H26O4. The molecule has 4 heteroatoms. The quantitative estimate of drug-likeness (QED) is 0.548. The Kier molecular flexibility index (Phi) is 3.11. The average Bonchev–Trinajstić information content (AvgIpc) is 3.27. The van der Waals surface area contributed by atoms with Gasteiger partial charge in [0, 0.05) is 18.8 Å². The Bertz CT molecular complexity index is 638. The van der Waals surface area contributed by atoms with Crippen LogP contribution in [-0.4, -0.2) is 30.1 Å². The predicted molar refractivity (Wildman–Crippen MR) is 87.1 cm³/mol. The van der Waals surface area contributed by atoms with Gasteiger partial charge in [0.1, 0.15) is 6.10 Å². The lowest BCUT2D eigenvalue weighted by Gasteiger charge is -2.51. The molecule has 1 aliphatic heterocycles. The zero-order chi connectivity index (χ0) is 16.6. The van der Waals surface area contributed by atoms with Gasteiger partial charge in [-0.3, -0.25) is 9.59 Å². The first-order valence-electron chi connectivity index (χ1n) is 9.56. The summed E-state index contributed by atoms with van der Waals surface area (Å²) < 4.78 is 12.0. The van der Waals surface area contributed by atoms with Crippen LogP contribution in [0.2, 0.25) is 0 Å². The molecular weight excluding hydrogens is 304 g/mol. The van der Waals surface area contributed by atoms with Crippen LogP contribution in [-0.2, 0) is 19.1 Å². The smallest absolute Gasteiger partial charge is 0.302 e. The fourth-order valence-electron chi connectivity index (χ4n) is 6.90. The van der Waals surface area contributed by atoms with Gasteiger partial charge in [-0.1, -0.05) is 12.5 Å². The summed E-state index contributed by atoms with van der Waals surface area (Å²) in [5.74, 6) is 2.53. The maximum atomic E-state index is 11.8.